The summed E-state index contributed by atoms with van der Waals surface area (Å²) >= 11 is 0. The van der Waals surface area contributed by atoms with Crippen LogP contribution in [0, 0.1) is 0 Å². The lowest BCUT2D eigenvalue weighted by Crippen LogP contribution is -2.51. The van der Waals surface area contributed by atoms with Gasteiger partial charge in [-0.3, -0.25) is 0 Å². The standard InChI is InChI=1S/C19H24N4O3/c1-25-17-6-4-3-5-16(17)22-9-11-23(12-10-22)19(24)21-14-15-7-8-18(26-2)20-13-15/h3-8,13H,9-12,14H2,1-2H3,(H,21,24). The van der Waals surface area contributed by atoms with Crippen molar-refractivity contribution in [1.82, 2.24) is 15.2 Å². The van der Waals surface area contributed by atoms with Gasteiger partial charge < -0.3 is 24.6 Å². The minimum absolute atomic E-state index is 0.0551. The zero-order valence-electron chi connectivity index (χ0n) is 15.1. The summed E-state index contributed by atoms with van der Waals surface area (Å²) in [5.74, 6) is 1.42. The van der Waals surface area contributed by atoms with Crippen LogP contribution >= 0.6 is 0 Å². The molecule has 0 saturated carbocycles. The Morgan fingerprint density at radius 2 is 1.85 bits per heavy atom. The number of anilines is 1. The third-order valence-electron chi connectivity index (χ3n) is 4.44. The molecule has 0 aliphatic carbocycles. The monoisotopic (exact) mass is 356 g/mol. The molecule has 3 rings (SSSR count). The van der Waals surface area contributed by atoms with Gasteiger partial charge in [-0.15, -0.1) is 0 Å². The number of nitrogens with zero attached hydrogens (tertiary/aromatic N) is 3. The number of hydrogen-bond acceptors (Lipinski definition) is 5. The molecule has 2 aromatic rings. The number of pyridine rings is 1. The topological polar surface area (TPSA) is 66.9 Å². The molecule has 7 heteroatoms. The van der Waals surface area contributed by atoms with Crippen molar-refractivity contribution in [1.29, 1.82) is 0 Å². The third-order valence-corrected chi connectivity index (χ3v) is 4.44. The summed E-state index contributed by atoms with van der Waals surface area (Å²) in [6.45, 7) is 3.34. The number of urea groups is 1. The quantitative estimate of drug-likeness (QED) is 0.889. The lowest BCUT2D eigenvalue weighted by molar-refractivity contribution is 0.194. The van der Waals surface area contributed by atoms with Crippen molar-refractivity contribution in [2.45, 2.75) is 6.54 Å². The fourth-order valence-corrected chi connectivity index (χ4v) is 2.97. The lowest BCUT2D eigenvalue weighted by Gasteiger charge is -2.36. The van der Waals surface area contributed by atoms with Crippen molar-refractivity contribution in [3.63, 3.8) is 0 Å². The molecular weight excluding hydrogens is 332 g/mol. The lowest BCUT2D eigenvalue weighted by atomic mass is 10.2. The van der Waals surface area contributed by atoms with Crippen LogP contribution in [0.15, 0.2) is 42.6 Å². The first-order valence-corrected chi connectivity index (χ1v) is 8.61. The number of aromatic nitrogens is 1. The van der Waals surface area contributed by atoms with E-state index in [1.807, 2.05) is 35.2 Å². The molecule has 0 spiro atoms. The van der Waals surface area contributed by atoms with Crippen LogP contribution in [0.2, 0.25) is 0 Å². The van der Waals surface area contributed by atoms with Crippen molar-refractivity contribution >= 4 is 11.7 Å². The van der Waals surface area contributed by atoms with E-state index in [0.717, 1.165) is 30.1 Å². The number of methoxy groups -OCH3 is 2. The van der Waals surface area contributed by atoms with E-state index in [9.17, 15) is 4.79 Å². The highest BCUT2D eigenvalue weighted by atomic mass is 16.5. The normalized spacial score (nSPS) is 14.1. The van der Waals surface area contributed by atoms with Crippen molar-refractivity contribution in [3.8, 4) is 11.6 Å². The Bertz CT molecular complexity index is 728. The average Bonchev–Trinajstić information content (AvgIpc) is 2.72. The Labute approximate surface area is 153 Å². The van der Waals surface area contributed by atoms with Crippen LogP contribution in [0.5, 0.6) is 11.6 Å². The van der Waals surface area contributed by atoms with Gasteiger partial charge in [-0.25, -0.2) is 9.78 Å². The van der Waals surface area contributed by atoms with E-state index in [2.05, 4.69) is 15.2 Å². The summed E-state index contributed by atoms with van der Waals surface area (Å²) in [5.41, 5.74) is 2.01. The number of ether oxygens (including phenoxy) is 2. The zero-order valence-corrected chi connectivity index (χ0v) is 15.1. The maximum absolute atomic E-state index is 12.4. The fraction of sp³-hybridized carbons (Fsp3) is 0.368. The van der Waals surface area contributed by atoms with Gasteiger partial charge in [0, 0.05) is 45.0 Å². The molecule has 1 aliphatic rings. The molecule has 1 saturated heterocycles. The number of nitrogens with one attached hydrogen (secondary N) is 1. The minimum Gasteiger partial charge on any atom is -0.495 e. The number of piperazine rings is 1. The number of amides is 2. The predicted molar refractivity (Wildman–Crippen MR) is 99.8 cm³/mol. The SMILES string of the molecule is COc1ccc(CNC(=O)N2CCN(c3ccccc3OC)CC2)cn1. The highest BCUT2D eigenvalue weighted by Gasteiger charge is 2.22. The number of carbonyl (C=O) groups excluding carboxylic acids is 1. The third kappa shape index (κ3) is 4.17. The van der Waals surface area contributed by atoms with Crippen molar-refractivity contribution < 1.29 is 14.3 Å². The van der Waals surface area contributed by atoms with E-state index in [1.54, 1.807) is 26.5 Å². The van der Waals surface area contributed by atoms with Crippen molar-refractivity contribution in [2.24, 2.45) is 0 Å². The van der Waals surface area contributed by atoms with Crippen LogP contribution in [0.25, 0.3) is 0 Å². The van der Waals surface area contributed by atoms with Crippen LogP contribution in [-0.4, -0.2) is 56.3 Å². The van der Waals surface area contributed by atoms with Gasteiger partial charge in [0.2, 0.25) is 5.88 Å². The van der Waals surface area contributed by atoms with Gasteiger partial charge in [-0.1, -0.05) is 18.2 Å². The summed E-state index contributed by atoms with van der Waals surface area (Å²) < 4.78 is 10.5. The van der Waals surface area contributed by atoms with E-state index in [0.29, 0.717) is 25.5 Å². The number of rotatable bonds is 5. The molecule has 26 heavy (non-hydrogen) atoms. The average molecular weight is 356 g/mol. The first kappa shape index (κ1) is 17.8. The Balaban J connectivity index is 1.50. The van der Waals surface area contributed by atoms with Crippen molar-refractivity contribution in [3.05, 3.63) is 48.2 Å². The molecule has 0 atom stereocenters. The second kappa shape index (κ2) is 8.42. The number of carbonyl (C=O) groups is 1. The van der Waals surface area contributed by atoms with Gasteiger partial charge in [0.25, 0.3) is 0 Å². The maximum atomic E-state index is 12.4. The molecule has 0 bridgehead atoms. The zero-order chi connectivity index (χ0) is 18.4. The predicted octanol–water partition coefficient (Wildman–Crippen LogP) is 2.13. The molecule has 1 fully saturated rings. The second-order valence-electron chi connectivity index (χ2n) is 6.01. The molecule has 1 aromatic carbocycles. The largest absolute Gasteiger partial charge is 0.495 e. The molecule has 0 unspecified atom stereocenters. The molecular formula is C19H24N4O3. The number of benzene rings is 1. The van der Waals surface area contributed by atoms with E-state index in [4.69, 9.17) is 9.47 Å². The van der Waals surface area contributed by atoms with Gasteiger partial charge in [0.1, 0.15) is 5.75 Å². The van der Waals surface area contributed by atoms with Crippen LogP contribution in [0.4, 0.5) is 10.5 Å². The van der Waals surface area contributed by atoms with Crippen LogP contribution in [0.1, 0.15) is 5.56 Å². The summed E-state index contributed by atoms with van der Waals surface area (Å²) in [4.78, 5) is 20.6. The van der Waals surface area contributed by atoms with Gasteiger partial charge in [-0.2, -0.15) is 0 Å². The van der Waals surface area contributed by atoms with Crippen LogP contribution < -0.4 is 19.7 Å². The molecule has 138 valence electrons. The second-order valence-corrected chi connectivity index (χ2v) is 6.01. The van der Waals surface area contributed by atoms with Gasteiger partial charge in [0.15, 0.2) is 0 Å². The Hall–Kier alpha value is -2.96. The highest BCUT2D eigenvalue weighted by molar-refractivity contribution is 5.74. The smallest absolute Gasteiger partial charge is 0.317 e. The number of hydrogen-bond donors (Lipinski definition) is 1. The summed E-state index contributed by atoms with van der Waals surface area (Å²) in [5, 5.41) is 2.95. The van der Waals surface area contributed by atoms with Gasteiger partial charge >= 0.3 is 6.03 Å². The molecule has 2 heterocycles. The first-order valence-electron chi connectivity index (χ1n) is 8.61. The van der Waals surface area contributed by atoms with E-state index in [-0.39, 0.29) is 6.03 Å². The first-order chi connectivity index (χ1) is 12.7. The molecule has 7 nitrogen and oxygen atoms in total. The van der Waals surface area contributed by atoms with Gasteiger partial charge in [0.05, 0.1) is 19.9 Å². The fourth-order valence-electron chi connectivity index (χ4n) is 2.97. The number of para-hydroxylation sites is 2. The molecule has 2 amide bonds. The maximum Gasteiger partial charge on any atom is 0.317 e. The molecule has 0 radical (unpaired) electrons. The molecule has 1 aliphatic heterocycles. The minimum atomic E-state index is -0.0551. The van der Waals surface area contributed by atoms with E-state index in [1.165, 1.54) is 0 Å². The Morgan fingerprint density at radius 1 is 1.08 bits per heavy atom. The summed E-state index contributed by atoms with van der Waals surface area (Å²) in [6.07, 6.45) is 1.71. The van der Waals surface area contributed by atoms with Crippen LogP contribution in [-0.2, 0) is 6.54 Å². The van der Waals surface area contributed by atoms with E-state index < -0.39 is 0 Å². The molecule has 1 N–H and O–H groups in total. The Morgan fingerprint density at radius 3 is 2.50 bits per heavy atom. The Kier molecular flexibility index (Phi) is 5.78. The van der Waals surface area contributed by atoms with Crippen LogP contribution in [0.3, 0.4) is 0 Å². The highest BCUT2D eigenvalue weighted by Crippen LogP contribution is 2.28. The summed E-state index contributed by atoms with van der Waals surface area (Å²) in [6, 6.07) is 11.6. The van der Waals surface area contributed by atoms with Crippen molar-refractivity contribution in [2.75, 3.05) is 45.3 Å². The molecule has 1 aromatic heterocycles. The van der Waals surface area contributed by atoms with E-state index >= 15 is 0 Å². The van der Waals surface area contributed by atoms with Gasteiger partial charge in [-0.05, 0) is 17.7 Å². The summed E-state index contributed by atoms with van der Waals surface area (Å²) in [7, 11) is 3.25.